The third-order valence-corrected chi connectivity index (χ3v) is 6.81. The highest BCUT2D eigenvalue weighted by molar-refractivity contribution is 5.99. The summed E-state index contributed by atoms with van der Waals surface area (Å²) in [4.78, 5) is 37.5. The summed E-state index contributed by atoms with van der Waals surface area (Å²) in [5.74, 6) is -5.67. The Kier molecular flexibility index (Phi) is 7.09. The van der Waals surface area contributed by atoms with Crippen LogP contribution in [0.3, 0.4) is 0 Å². The Morgan fingerprint density at radius 3 is 2.31 bits per heavy atom. The molecule has 0 radical (unpaired) electrons. The molecule has 2 unspecified atom stereocenters. The van der Waals surface area contributed by atoms with Crippen LogP contribution >= 0.6 is 0 Å². The number of aliphatic carboxylic acids is 2. The predicted octanol–water partition coefficient (Wildman–Crippen LogP) is 3.65. The zero-order valence-corrected chi connectivity index (χ0v) is 20.6. The van der Waals surface area contributed by atoms with Gasteiger partial charge in [0, 0.05) is 5.56 Å². The number of rotatable bonds is 7. The highest BCUT2D eigenvalue weighted by atomic mass is 19.4. The van der Waals surface area contributed by atoms with E-state index in [4.69, 9.17) is 0 Å². The van der Waals surface area contributed by atoms with Crippen molar-refractivity contribution in [1.82, 2.24) is 25.9 Å². The predicted molar refractivity (Wildman–Crippen MR) is 131 cm³/mol. The van der Waals surface area contributed by atoms with E-state index in [2.05, 4.69) is 20.6 Å². The average molecular weight is 541 g/mol. The summed E-state index contributed by atoms with van der Waals surface area (Å²) in [6.45, 7) is 3.05. The fraction of sp³-hybridized carbons (Fsp3) is 0.231. The Hall–Kier alpha value is -4.81. The van der Waals surface area contributed by atoms with E-state index in [0.717, 1.165) is 6.08 Å². The van der Waals surface area contributed by atoms with Crippen LogP contribution in [0.5, 0.6) is 0 Å². The number of carbonyl (C=O) groups is 3. The number of carboxylic acid groups (broad SMARTS) is 2. The lowest BCUT2D eigenvalue weighted by Crippen LogP contribution is -2.60. The van der Waals surface area contributed by atoms with E-state index in [-0.39, 0.29) is 23.4 Å². The SMILES string of the molecule is CCC1=C(C)C(C(=O)O)(c2ccc(-c3ccccc3)c(-c3nnn[nH]3)c2)C(NC(=O)C(F)(F)F)C(C(=O)O)=C1. The van der Waals surface area contributed by atoms with E-state index >= 15 is 0 Å². The monoisotopic (exact) mass is 541 g/mol. The van der Waals surface area contributed by atoms with E-state index < -0.39 is 41.1 Å². The number of halogens is 3. The van der Waals surface area contributed by atoms with Crippen molar-refractivity contribution in [3.63, 3.8) is 0 Å². The van der Waals surface area contributed by atoms with Gasteiger partial charge >= 0.3 is 24.0 Å². The quantitative estimate of drug-likeness (QED) is 0.353. The van der Waals surface area contributed by atoms with Gasteiger partial charge in [0.05, 0.1) is 11.6 Å². The van der Waals surface area contributed by atoms with E-state index in [1.54, 1.807) is 48.6 Å². The van der Waals surface area contributed by atoms with Gasteiger partial charge in [-0.25, -0.2) is 9.89 Å². The molecule has 39 heavy (non-hydrogen) atoms. The van der Waals surface area contributed by atoms with Crippen molar-refractivity contribution in [3.05, 3.63) is 76.9 Å². The zero-order chi connectivity index (χ0) is 28.5. The smallest absolute Gasteiger partial charge is 0.471 e. The standard InChI is InChI=1S/C26H22F3N5O5/c1-3-14-11-19(22(35)36)20(30-23(37)26(27,28)29)25(13(14)2,24(38)39)16-9-10-17(15-7-5-4-6-8-15)18(12-16)21-31-33-34-32-21/h4-12,20H,3H2,1-2H3,(H,30,37)(H,35,36)(H,38,39)(H,31,32,33,34). The van der Waals surface area contributed by atoms with Gasteiger partial charge in [0.1, 0.15) is 5.41 Å². The van der Waals surface area contributed by atoms with Crippen LogP contribution in [-0.2, 0) is 19.8 Å². The molecule has 1 amide bonds. The summed E-state index contributed by atoms with van der Waals surface area (Å²) in [6.07, 6.45) is -4.11. The van der Waals surface area contributed by atoms with Crippen molar-refractivity contribution in [3.8, 4) is 22.5 Å². The van der Waals surface area contributed by atoms with E-state index in [0.29, 0.717) is 22.3 Å². The van der Waals surface area contributed by atoms with Gasteiger partial charge in [-0.1, -0.05) is 49.4 Å². The van der Waals surface area contributed by atoms with E-state index in [1.807, 2.05) is 0 Å². The summed E-state index contributed by atoms with van der Waals surface area (Å²) >= 11 is 0. The molecule has 10 nitrogen and oxygen atoms in total. The van der Waals surface area contributed by atoms with Crippen molar-refractivity contribution >= 4 is 17.8 Å². The minimum atomic E-state index is -5.40. The Bertz CT molecular complexity index is 1500. The van der Waals surface area contributed by atoms with E-state index in [1.165, 1.54) is 19.1 Å². The first-order valence-corrected chi connectivity index (χ1v) is 11.6. The maximum Gasteiger partial charge on any atom is 0.471 e. The molecule has 2 aromatic carbocycles. The first kappa shape index (κ1) is 27.2. The van der Waals surface area contributed by atoms with Crippen molar-refractivity contribution in [2.24, 2.45) is 0 Å². The first-order valence-electron chi connectivity index (χ1n) is 11.6. The number of allylic oxidation sites excluding steroid dienone is 2. The van der Waals surface area contributed by atoms with Gasteiger partial charge in [-0.3, -0.25) is 9.59 Å². The van der Waals surface area contributed by atoms with Crippen LogP contribution in [0.2, 0.25) is 0 Å². The van der Waals surface area contributed by atoms with Gasteiger partial charge in [0.15, 0.2) is 5.82 Å². The molecular formula is C26H22F3N5O5. The molecule has 4 rings (SSSR count). The van der Waals surface area contributed by atoms with Crippen molar-refractivity contribution in [1.29, 1.82) is 0 Å². The third kappa shape index (κ3) is 4.67. The number of amides is 1. The molecular weight excluding hydrogens is 519 g/mol. The lowest BCUT2D eigenvalue weighted by molar-refractivity contribution is -0.175. The Morgan fingerprint density at radius 2 is 1.77 bits per heavy atom. The highest BCUT2D eigenvalue weighted by Gasteiger charge is 2.56. The molecule has 0 bridgehead atoms. The third-order valence-electron chi connectivity index (χ3n) is 6.81. The molecule has 0 saturated heterocycles. The second-order valence-corrected chi connectivity index (χ2v) is 8.80. The zero-order valence-electron chi connectivity index (χ0n) is 20.6. The van der Waals surface area contributed by atoms with Crippen molar-refractivity contribution in [2.75, 3.05) is 0 Å². The van der Waals surface area contributed by atoms with Gasteiger partial charge in [-0.05, 0) is 63.8 Å². The van der Waals surface area contributed by atoms with Crippen LogP contribution in [0.15, 0.2) is 71.3 Å². The van der Waals surface area contributed by atoms with Crippen molar-refractivity contribution < 1.29 is 37.8 Å². The molecule has 3 aromatic rings. The summed E-state index contributed by atoms with van der Waals surface area (Å²) in [5, 5.41) is 35.9. The van der Waals surface area contributed by atoms with Gasteiger partial charge in [0.25, 0.3) is 0 Å². The second kappa shape index (κ2) is 10.2. The van der Waals surface area contributed by atoms with Crippen LogP contribution < -0.4 is 5.32 Å². The van der Waals surface area contributed by atoms with Crippen LogP contribution in [-0.4, -0.2) is 60.9 Å². The number of hydrogen-bond donors (Lipinski definition) is 4. The fourth-order valence-electron chi connectivity index (χ4n) is 4.95. The Morgan fingerprint density at radius 1 is 1.08 bits per heavy atom. The molecule has 0 saturated carbocycles. The molecule has 0 spiro atoms. The molecule has 1 aliphatic rings. The average Bonchev–Trinajstić information content (AvgIpc) is 3.43. The number of nitrogens with zero attached hydrogens (tertiary/aromatic N) is 3. The number of alkyl halides is 3. The number of aromatic nitrogens is 4. The highest BCUT2D eigenvalue weighted by Crippen LogP contribution is 2.47. The number of carboxylic acids is 2. The fourth-order valence-corrected chi connectivity index (χ4v) is 4.95. The lowest BCUT2D eigenvalue weighted by Gasteiger charge is -2.43. The summed E-state index contributed by atoms with van der Waals surface area (Å²) in [7, 11) is 0. The van der Waals surface area contributed by atoms with Gasteiger partial charge < -0.3 is 15.5 Å². The number of tetrazole rings is 1. The maximum atomic E-state index is 13.4. The number of hydrogen-bond acceptors (Lipinski definition) is 6. The summed E-state index contributed by atoms with van der Waals surface area (Å²) in [5.41, 5.74) is -1.26. The molecule has 2 atom stereocenters. The number of benzene rings is 2. The topological polar surface area (TPSA) is 158 Å². The molecule has 1 aliphatic carbocycles. The summed E-state index contributed by atoms with van der Waals surface area (Å²) in [6, 6.07) is 11.1. The number of nitrogens with one attached hydrogen (secondary N) is 2. The molecule has 4 N–H and O–H groups in total. The molecule has 1 aromatic heterocycles. The number of carbonyl (C=O) groups excluding carboxylic acids is 1. The number of H-pyrrole nitrogens is 1. The molecule has 1 heterocycles. The van der Waals surface area contributed by atoms with Crippen LogP contribution in [0.1, 0.15) is 25.8 Å². The molecule has 202 valence electrons. The molecule has 0 fully saturated rings. The minimum Gasteiger partial charge on any atom is -0.480 e. The van der Waals surface area contributed by atoms with Crippen LogP contribution in [0.4, 0.5) is 13.2 Å². The minimum absolute atomic E-state index is 0.0732. The maximum absolute atomic E-state index is 13.4. The van der Waals surface area contributed by atoms with Crippen molar-refractivity contribution in [2.45, 2.75) is 37.9 Å². The van der Waals surface area contributed by atoms with Gasteiger partial charge in [0.2, 0.25) is 0 Å². The normalized spacial score (nSPS) is 19.4. The van der Waals surface area contributed by atoms with Gasteiger partial charge in [-0.15, -0.1) is 5.10 Å². The molecule has 0 aliphatic heterocycles. The molecule has 13 heteroatoms. The van der Waals surface area contributed by atoms with Crippen LogP contribution in [0, 0.1) is 0 Å². The summed E-state index contributed by atoms with van der Waals surface area (Å²) < 4.78 is 40.1. The lowest BCUT2D eigenvalue weighted by atomic mass is 9.62. The van der Waals surface area contributed by atoms with E-state index in [9.17, 15) is 37.8 Å². The van der Waals surface area contributed by atoms with Crippen LogP contribution in [0.25, 0.3) is 22.5 Å². The largest absolute Gasteiger partial charge is 0.480 e. The first-order chi connectivity index (χ1) is 18.4. The van der Waals surface area contributed by atoms with Gasteiger partial charge in [-0.2, -0.15) is 13.2 Å². The number of aromatic amines is 1. The Labute approximate surface area is 219 Å². The Balaban J connectivity index is 2.06. The second-order valence-electron chi connectivity index (χ2n) is 8.80.